The van der Waals surface area contributed by atoms with E-state index in [0.29, 0.717) is 23.7 Å². The number of hydrogen-bond acceptors (Lipinski definition) is 2. The van der Waals surface area contributed by atoms with E-state index in [0.717, 1.165) is 33.6 Å². The van der Waals surface area contributed by atoms with E-state index in [1.54, 1.807) is 0 Å². The van der Waals surface area contributed by atoms with Crippen LogP contribution in [0.2, 0.25) is 0 Å². The molecule has 5 heteroatoms. The average Bonchev–Trinajstić information content (AvgIpc) is 3.23. The molecule has 292 valence electrons. The fourth-order valence-corrected chi connectivity index (χ4v) is 7.93. The number of allylic oxidation sites excluding steroid dienone is 6. The summed E-state index contributed by atoms with van der Waals surface area (Å²) in [6, 6.07) is 34.2. The zero-order valence-electron chi connectivity index (χ0n) is 35.8. The fraction of sp³-hybridized carbons (Fsp3) is 0.222. The van der Waals surface area contributed by atoms with Crippen molar-refractivity contribution in [1.29, 1.82) is 0 Å². The summed E-state index contributed by atoms with van der Waals surface area (Å²) in [5, 5.41) is 13.9. The summed E-state index contributed by atoms with van der Waals surface area (Å²) in [6.07, 6.45) is 20.3. The number of aromatic nitrogens is 2. The molecule has 0 atom stereocenters. The molecule has 0 aliphatic carbocycles. The van der Waals surface area contributed by atoms with E-state index >= 15 is 0 Å². The molecule has 0 fully saturated rings. The van der Waals surface area contributed by atoms with Crippen LogP contribution in [0.1, 0.15) is 124 Å². The van der Waals surface area contributed by atoms with E-state index in [1.807, 2.05) is 36.9 Å². The number of benzene rings is 4. The first kappa shape index (κ1) is 43.0. The van der Waals surface area contributed by atoms with E-state index in [4.69, 9.17) is 0 Å². The Hall–Kier alpha value is -5.64. The molecule has 0 N–H and O–H groups in total. The Morgan fingerprint density at radius 3 is 1.15 bits per heavy atom. The third-order valence-corrected chi connectivity index (χ3v) is 10.9. The minimum absolute atomic E-state index is 0. The molecule has 0 spiro atoms. The molecule has 0 saturated carbocycles. The number of hydrogen-bond donors (Lipinski definition) is 0. The van der Waals surface area contributed by atoms with E-state index in [9.17, 15) is 0 Å². The van der Waals surface area contributed by atoms with Crippen molar-refractivity contribution in [2.45, 2.75) is 79.1 Å². The minimum atomic E-state index is 0. The average molecular weight is 824 g/mol. The molecule has 0 bridgehead atoms. The second-order valence-electron chi connectivity index (χ2n) is 16.3. The summed E-state index contributed by atoms with van der Waals surface area (Å²) in [5.74, 6) is 1.85. The predicted octanol–water partition coefficient (Wildman–Crippen LogP) is 15.6. The first-order valence-electron chi connectivity index (χ1n) is 20.6. The van der Waals surface area contributed by atoms with Crippen molar-refractivity contribution in [3.8, 4) is 0 Å². The van der Waals surface area contributed by atoms with Crippen LogP contribution in [-0.4, -0.2) is 9.97 Å². The monoisotopic (exact) mass is 822 g/mol. The van der Waals surface area contributed by atoms with Crippen molar-refractivity contribution in [2.24, 2.45) is 0 Å². The molecule has 4 aromatic carbocycles. The molecule has 2 aliphatic heterocycles. The largest absolute Gasteiger partial charge is 2.00 e. The van der Waals surface area contributed by atoms with E-state index in [-0.39, 0.29) is 19.5 Å². The maximum absolute atomic E-state index is 4.62. The number of rotatable bonds is 8. The standard InChI is InChI=1S/2C27H27N2.Zn/c2*1-18(2)23-10-7-11-24(19(3)4)27(23)21-13-14-28-22(16-21)17-26-25-9-6-5-8-20(25)12-15-29-26;/h2*5-19H,1-4H3;/q2*-1;+2/b2*22-17-;. The van der Waals surface area contributed by atoms with Gasteiger partial charge in [0.1, 0.15) is 0 Å². The van der Waals surface area contributed by atoms with Crippen LogP contribution in [0.5, 0.6) is 0 Å². The number of pyridine rings is 2. The molecular weight excluding hydrogens is 770 g/mol. The van der Waals surface area contributed by atoms with Gasteiger partial charge in [0.2, 0.25) is 0 Å². The molecule has 59 heavy (non-hydrogen) atoms. The van der Waals surface area contributed by atoms with Gasteiger partial charge in [-0.25, -0.2) is 0 Å². The normalized spacial score (nSPS) is 15.0. The SMILES string of the molecule is CC(C)c1cccc(C(C)C)c1C1=C/C(=C/c2nccc3ccccc23)[N-]C=C1.CC(C)c1cccc(C(C)C)c1C1=C/C(=C/c2nccc3ccccc23)[N-]C=C1.[Zn+2]. The Morgan fingerprint density at radius 2 is 0.797 bits per heavy atom. The second kappa shape index (κ2) is 19.4. The summed E-state index contributed by atoms with van der Waals surface area (Å²) in [6.45, 7) is 18.1. The fourth-order valence-electron chi connectivity index (χ4n) is 7.93. The van der Waals surface area contributed by atoms with Gasteiger partial charge in [0.05, 0.1) is 11.4 Å². The Morgan fingerprint density at radius 1 is 0.441 bits per heavy atom. The van der Waals surface area contributed by atoms with Gasteiger partial charge in [-0.3, -0.25) is 9.97 Å². The topological polar surface area (TPSA) is 54.0 Å². The second-order valence-corrected chi connectivity index (χ2v) is 16.3. The molecule has 8 rings (SSSR count). The molecule has 2 aromatic heterocycles. The number of nitrogens with zero attached hydrogens (tertiary/aromatic N) is 4. The molecule has 4 heterocycles. The van der Waals surface area contributed by atoms with E-state index in [2.05, 4.69) is 197 Å². The van der Waals surface area contributed by atoms with Crippen LogP contribution in [0.3, 0.4) is 0 Å². The van der Waals surface area contributed by atoms with E-state index < -0.39 is 0 Å². The van der Waals surface area contributed by atoms with Crippen LogP contribution < -0.4 is 0 Å². The molecule has 4 nitrogen and oxygen atoms in total. The summed E-state index contributed by atoms with van der Waals surface area (Å²) < 4.78 is 0. The van der Waals surface area contributed by atoms with Gasteiger partial charge in [0.25, 0.3) is 0 Å². The third kappa shape index (κ3) is 9.81. The van der Waals surface area contributed by atoms with Crippen LogP contribution in [0.4, 0.5) is 0 Å². The molecule has 0 radical (unpaired) electrons. The Kier molecular flexibility index (Phi) is 14.1. The summed E-state index contributed by atoms with van der Waals surface area (Å²) in [4.78, 5) is 9.20. The molecular formula is C54H54N4Zn. The zero-order chi connectivity index (χ0) is 40.8. The summed E-state index contributed by atoms with van der Waals surface area (Å²) in [5.41, 5.74) is 14.4. The summed E-state index contributed by atoms with van der Waals surface area (Å²) >= 11 is 0. The van der Waals surface area contributed by atoms with Gasteiger partial charge < -0.3 is 10.6 Å². The van der Waals surface area contributed by atoms with Gasteiger partial charge >= 0.3 is 19.5 Å². The van der Waals surface area contributed by atoms with Crippen LogP contribution in [0.25, 0.3) is 55.5 Å². The van der Waals surface area contributed by atoms with Gasteiger partial charge in [0.15, 0.2) is 0 Å². The van der Waals surface area contributed by atoms with Crippen molar-refractivity contribution in [1.82, 2.24) is 9.97 Å². The van der Waals surface area contributed by atoms with Gasteiger partial charge in [0, 0.05) is 23.2 Å². The zero-order valence-corrected chi connectivity index (χ0v) is 38.8. The maximum Gasteiger partial charge on any atom is 2.00 e. The van der Waals surface area contributed by atoms with Gasteiger partial charge in [-0.1, -0.05) is 177 Å². The first-order chi connectivity index (χ1) is 28.1. The van der Waals surface area contributed by atoms with Crippen LogP contribution in [-0.2, 0) is 19.5 Å². The van der Waals surface area contributed by atoms with Crippen molar-refractivity contribution in [2.75, 3.05) is 0 Å². The minimum Gasteiger partial charge on any atom is -0.664 e. The van der Waals surface area contributed by atoms with Crippen LogP contribution in [0.15, 0.2) is 158 Å². The smallest absolute Gasteiger partial charge is 0.664 e. The van der Waals surface area contributed by atoms with Crippen molar-refractivity contribution in [3.05, 3.63) is 213 Å². The molecule has 6 aromatic rings. The molecule has 0 saturated heterocycles. The van der Waals surface area contributed by atoms with Gasteiger partial charge in [-0.05, 0) is 91.1 Å². The molecule has 2 aliphatic rings. The van der Waals surface area contributed by atoms with Gasteiger partial charge in [-0.2, -0.15) is 12.4 Å². The molecule has 0 unspecified atom stereocenters. The maximum atomic E-state index is 4.62. The van der Waals surface area contributed by atoms with Crippen molar-refractivity contribution >= 4 is 44.8 Å². The van der Waals surface area contributed by atoms with Crippen molar-refractivity contribution in [3.63, 3.8) is 0 Å². The van der Waals surface area contributed by atoms with Crippen LogP contribution in [0, 0.1) is 0 Å². The third-order valence-electron chi connectivity index (χ3n) is 10.9. The van der Waals surface area contributed by atoms with Crippen LogP contribution >= 0.6 is 0 Å². The van der Waals surface area contributed by atoms with E-state index in [1.165, 1.54) is 55.3 Å². The summed E-state index contributed by atoms with van der Waals surface area (Å²) in [7, 11) is 0. The van der Waals surface area contributed by atoms with Crippen molar-refractivity contribution < 1.29 is 19.5 Å². The molecule has 0 amide bonds. The Bertz CT molecular complexity index is 2390. The number of fused-ring (bicyclic) bond motifs is 2. The quantitative estimate of drug-likeness (QED) is 0.144. The Balaban J connectivity index is 0.000000195. The van der Waals surface area contributed by atoms with Gasteiger partial charge in [-0.15, -0.1) is 11.4 Å². The predicted molar refractivity (Wildman–Crippen MR) is 250 cm³/mol. The first-order valence-corrected chi connectivity index (χ1v) is 20.6. The Labute approximate surface area is 364 Å².